The number of hydrogen-bond acceptors (Lipinski definition) is 5. The van der Waals surface area contributed by atoms with Gasteiger partial charge in [-0.2, -0.15) is 4.98 Å². The molecule has 0 amide bonds. The Kier molecular flexibility index (Phi) is 3.25. The molecule has 2 aromatic heterocycles. The molecule has 0 fully saturated rings. The standard InChI is InChI=1S/C15H15N3O2/c1-10-7-8-19-14(10)9-16-13-6-4-3-5-12(13)15-17-11(2)18-20-15/h3-8,16H,9H2,1-2H3. The van der Waals surface area contributed by atoms with Crippen molar-refractivity contribution in [1.29, 1.82) is 0 Å². The summed E-state index contributed by atoms with van der Waals surface area (Å²) in [6.45, 7) is 4.44. The van der Waals surface area contributed by atoms with Crippen LogP contribution in [0.2, 0.25) is 0 Å². The largest absolute Gasteiger partial charge is 0.467 e. The van der Waals surface area contributed by atoms with Crippen LogP contribution in [0.5, 0.6) is 0 Å². The van der Waals surface area contributed by atoms with Gasteiger partial charge in [0.2, 0.25) is 0 Å². The maximum atomic E-state index is 5.42. The molecule has 5 nitrogen and oxygen atoms in total. The molecule has 3 aromatic rings. The molecule has 1 aromatic carbocycles. The molecule has 0 unspecified atom stereocenters. The number of benzene rings is 1. The first kappa shape index (κ1) is 12.5. The Labute approximate surface area is 116 Å². The number of aryl methyl sites for hydroxylation is 2. The topological polar surface area (TPSA) is 64.1 Å². The molecular formula is C15H15N3O2. The van der Waals surface area contributed by atoms with E-state index in [1.165, 1.54) is 0 Å². The Morgan fingerprint density at radius 1 is 1.15 bits per heavy atom. The predicted molar refractivity (Wildman–Crippen MR) is 75.2 cm³/mol. The molecule has 102 valence electrons. The number of nitrogens with one attached hydrogen (secondary N) is 1. The molecule has 0 atom stereocenters. The summed E-state index contributed by atoms with van der Waals surface area (Å²) >= 11 is 0. The summed E-state index contributed by atoms with van der Waals surface area (Å²) in [6, 6.07) is 9.78. The van der Waals surface area contributed by atoms with Crippen molar-refractivity contribution >= 4 is 5.69 Å². The minimum atomic E-state index is 0.516. The minimum absolute atomic E-state index is 0.516. The summed E-state index contributed by atoms with van der Waals surface area (Å²) < 4.78 is 10.6. The van der Waals surface area contributed by atoms with Gasteiger partial charge in [-0.15, -0.1) is 0 Å². The van der Waals surface area contributed by atoms with E-state index in [2.05, 4.69) is 15.5 Å². The van der Waals surface area contributed by atoms with E-state index < -0.39 is 0 Å². The zero-order chi connectivity index (χ0) is 13.9. The molecule has 0 aliphatic carbocycles. The summed E-state index contributed by atoms with van der Waals surface area (Å²) in [5.41, 5.74) is 2.95. The Hall–Kier alpha value is -2.56. The maximum absolute atomic E-state index is 5.42. The summed E-state index contributed by atoms with van der Waals surface area (Å²) in [7, 11) is 0. The van der Waals surface area contributed by atoms with Gasteiger partial charge in [-0.1, -0.05) is 17.3 Å². The monoisotopic (exact) mass is 269 g/mol. The average molecular weight is 269 g/mol. The normalized spacial score (nSPS) is 10.7. The third kappa shape index (κ3) is 2.42. The number of anilines is 1. The molecule has 2 heterocycles. The van der Waals surface area contributed by atoms with Crippen molar-refractivity contribution in [3.63, 3.8) is 0 Å². The van der Waals surface area contributed by atoms with Gasteiger partial charge in [0.05, 0.1) is 18.4 Å². The lowest BCUT2D eigenvalue weighted by Crippen LogP contribution is -2.01. The summed E-state index contributed by atoms with van der Waals surface area (Å²) in [5.74, 6) is 2.06. The van der Waals surface area contributed by atoms with E-state index in [1.54, 1.807) is 13.2 Å². The third-order valence-electron chi connectivity index (χ3n) is 3.09. The second-order valence-electron chi connectivity index (χ2n) is 4.57. The van der Waals surface area contributed by atoms with E-state index >= 15 is 0 Å². The summed E-state index contributed by atoms with van der Waals surface area (Å²) in [6.07, 6.45) is 1.69. The zero-order valence-corrected chi connectivity index (χ0v) is 11.4. The highest BCUT2D eigenvalue weighted by Gasteiger charge is 2.11. The molecule has 3 rings (SSSR count). The van der Waals surface area contributed by atoms with Crippen LogP contribution in [0.4, 0.5) is 5.69 Å². The maximum Gasteiger partial charge on any atom is 0.260 e. The van der Waals surface area contributed by atoms with E-state index in [0.29, 0.717) is 18.3 Å². The minimum Gasteiger partial charge on any atom is -0.467 e. The van der Waals surface area contributed by atoms with E-state index in [4.69, 9.17) is 8.94 Å². The summed E-state index contributed by atoms with van der Waals surface area (Å²) in [4.78, 5) is 4.26. The Bertz CT molecular complexity index is 715. The van der Waals surface area contributed by atoms with Crippen LogP contribution in [-0.4, -0.2) is 10.1 Å². The number of aromatic nitrogens is 2. The number of hydrogen-bond donors (Lipinski definition) is 1. The van der Waals surface area contributed by atoms with Gasteiger partial charge in [0.15, 0.2) is 5.82 Å². The molecular weight excluding hydrogens is 254 g/mol. The first-order chi connectivity index (χ1) is 9.74. The fourth-order valence-electron chi connectivity index (χ4n) is 1.99. The van der Waals surface area contributed by atoms with Crippen LogP contribution in [0.1, 0.15) is 17.1 Å². The quantitative estimate of drug-likeness (QED) is 0.784. The first-order valence-corrected chi connectivity index (χ1v) is 6.40. The van der Waals surface area contributed by atoms with E-state index in [-0.39, 0.29) is 0 Å². The Morgan fingerprint density at radius 2 is 2.00 bits per heavy atom. The SMILES string of the molecule is Cc1noc(-c2ccccc2NCc2occc2C)n1. The van der Waals surface area contributed by atoms with Crippen LogP contribution < -0.4 is 5.32 Å². The third-order valence-corrected chi connectivity index (χ3v) is 3.09. The van der Waals surface area contributed by atoms with Crippen LogP contribution in [0, 0.1) is 13.8 Å². The van der Waals surface area contributed by atoms with Crippen LogP contribution >= 0.6 is 0 Å². The highest BCUT2D eigenvalue weighted by atomic mass is 16.5. The van der Waals surface area contributed by atoms with Gasteiger partial charge < -0.3 is 14.3 Å². The van der Waals surface area contributed by atoms with Crippen molar-refractivity contribution in [2.24, 2.45) is 0 Å². The average Bonchev–Trinajstić information content (AvgIpc) is 3.06. The molecule has 0 aliphatic rings. The second kappa shape index (κ2) is 5.21. The first-order valence-electron chi connectivity index (χ1n) is 6.40. The van der Waals surface area contributed by atoms with Crippen LogP contribution in [0.15, 0.2) is 45.5 Å². The van der Waals surface area contributed by atoms with E-state index in [0.717, 1.165) is 22.6 Å². The van der Waals surface area contributed by atoms with Gasteiger partial charge >= 0.3 is 0 Å². The molecule has 0 saturated carbocycles. The summed E-state index contributed by atoms with van der Waals surface area (Å²) in [5, 5.41) is 7.17. The molecule has 0 bridgehead atoms. The molecule has 0 saturated heterocycles. The van der Waals surface area contributed by atoms with Crippen molar-refractivity contribution in [2.45, 2.75) is 20.4 Å². The van der Waals surface area contributed by atoms with Crippen molar-refractivity contribution in [3.8, 4) is 11.5 Å². The Morgan fingerprint density at radius 3 is 2.70 bits per heavy atom. The van der Waals surface area contributed by atoms with E-state index in [1.807, 2.05) is 37.3 Å². The number of rotatable bonds is 4. The zero-order valence-electron chi connectivity index (χ0n) is 11.4. The molecule has 0 radical (unpaired) electrons. The van der Waals surface area contributed by atoms with Crippen molar-refractivity contribution in [2.75, 3.05) is 5.32 Å². The smallest absolute Gasteiger partial charge is 0.260 e. The van der Waals surface area contributed by atoms with Gasteiger partial charge in [0.1, 0.15) is 5.76 Å². The van der Waals surface area contributed by atoms with Crippen molar-refractivity contribution < 1.29 is 8.94 Å². The lowest BCUT2D eigenvalue weighted by atomic mass is 10.1. The van der Waals surface area contributed by atoms with Crippen LogP contribution in [0.3, 0.4) is 0 Å². The number of para-hydroxylation sites is 1. The highest BCUT2D eigenvalue weighted by Crippen LogP contribution is 2.27. The molecule has 20 heavy (non-hydrogen) atoms. The molecule has 0 aliphatic heterocycles. The second-order valence-corrected chi connectivity index (χ2v) is 4.57. The van der Waals surface area contributed by atoms with Gasteiger partial charge in [-0.25, -0.2) is 0 Å². The fourth-order valence-corrected chi connectivity index (χ4v) is 1.99. The van der Waals surface area contributed by atoms with Crippen molar-refractivity contribution in [3.05, 3.63) is 53.7 Å². The van der Waals surface area contributed by atoms with E-state index in [9.17, 15) is 0 Å². The van der Waals surface area contributed by atoms with Crippen LogP contribution in [-0.2, 0) is 6.54 Å². The van der Waals surface area contributed by atoms with Gasteiger partial charge in [-0.3, -0.25) is 0 Å². The van der Waals surface area contributed by atoms with Gasteiger partial charge in [-0.05, 0) is 37.6 Å². The lowest BCUT2D eigenvalue weighted by molar-refractivity contribution is 0.425. The highest BCUT2D eigenvalue weighted by molar-refractivity contribution is 5.72. The van der Waals surface area contributed by atoms with Crippen LogP contribution in [0.25, 0.3) is 11.5 Å². The molecule has 5 heteroatoms. The molecule has 0 spiro atoms. The van der Waals surface area contributed by atoms with Crippen molar-refractivity contribution in [1.82, 2.24) is 10.1 Å². The lowest BCUT2D eigenvalue weighted by Gasteiger charge is -2.08. The van der Waals surface area contributed by atoms with Gasteiger partial charge in [0.25, 0.3) is 5.89 Å². The van der Waals surface area contributed by atoms with Gasteiger partial charge in [0, 0.05) is 5.69 Å². The Balaban J connectivity index is 1.85. The molecule has 1 N–H and O–H groups in total. The predicted octanol–water partition coefficient (Wildman–Crippen LogP) is 3.56. The number of furan rings is 1. The number of nitrogens with zero attached hydrogens (tertiary/aromatic N) is 2. The fraction of sp³-hybridized carbons (Fsp3) is 0.200.